The van der Waals surface area contributed by atoms with Gasteiger partial charge in [-0.15, -0.1) is 0 Å². The number of amides is 1. The number of alkyl halides is 6. The Hall–Kier alpha value is -3.46. The summed E-state index contributed by atoms with van der Waals surface area (Å²) in [7, 11) is -4.86. The molecule has 4 N–H and O–H groups in total. The lowest BCUT2D eigenvalue weighted by molar-refractivity contribution is -0.143. The molecule has 15 heteroatoms. The van der Waals surface area contributed by atoms with Crippen LogP contribution in [-0.2, 0) is 33.7 Å². The van der Waals surface area contributed by atoms with Crippen molar-refractivity contribution >= 4 is 32.7 Å². The van der Waals surface area contributed by atoms with Crippen molar-refractivity contribution < 1.29 is 39.6 Å². The van der Waals surface area contributed by atoms with Gasteiger partial charge in [0.05, 0.1) is 28.1 Å². The zero-order valence-electron chi connectivity index (χ0n) is 19.3. The maximum atomic E-state index is 13.1. The summed E-state index contributed by atoms with van der Waals surface area (Å²) in [4.78, 5) is 19.0. The first kappa shape index (κ1) is 28.1. The van der Waals surface area contributed by atoms with E-state index in [0.717, 1.165) is 0 Å². The molecule has 1 atom stereocenters. The predicted octanol–water partition coefficient (Wildman–Crippen LogP) is 4.07. The van der Waals surface area contributed by atoms with Crippen LogP contribution in [0.15, 0.2) is 47.4 Å². The molecule has 0 aliphatic heterocycles. The van der Waals surface area contributed by atoms with Gasteiger partial charge >= 0.3 is 12.4 Å². The number of benzene rings is 2. The average molecular weight is 549 g/mol. The number of anilines is 1. The number of nitrogens with two attached hydrogens (primary N) is 1. The third-order valence-corrected chi connectivity index (χ3v) is 6.59. The first-order chi connectivity index (χ1) is 17.0. The van der Waals surface area contributed by atoms with Crippen molar-refractivity contribution in [2.75, 3.05) is 5.32 Å². The number of hydrogen-bond donors (Lipinski definition) is 3. The molecule has 2 aromatic carbocycles. The first-order valence-corrected chi connectivity index (χ1v) is 12.1. The molecule has 0 unspecified atom stereocenters. The van der Waals surface area contributed by atoms with Gasteiger partial charge in [0.15, 0.2) is 0 Å². The minimum atomic E-state index is -5.22. The third kappa shape index (κ3) is 6.65. The Morgan fingerprint density at radius 1 is 0.973 bits per heavy atom. The van der Waals surface area contributed by atoms with Gasteiger partial charge < -0.3 is 11.1 Å². The summed E-state index contributed by atoms with van der Waals surface area (Å²) in [6, 6.07) is 5.67. The van der Waals surface area contributed by atoms with Crippen molar-refractivity contribution in [1.29, 1.82) is 0 Å². The molecule has 0 bridgehead atoms. The highest BCUT2D eigenvalue weighted by Crippen LogP contribution is 2.37. The van der Waals surface area contributed by atoms with Gasteiger partial charge in [-0.05, 0) is 36.2 Å². The largest absolute Gasteiger partial charge is 0.416 e. The molecule has 0 aliphatic carbocycles. The Labute approximate surface area is 207 Å². The SMILES string of the molecule is CC(C)[C@H](Nc1nc(CNS(=O)(=O)c2cc(C(F)(F)F)cc(C(F)(F)F)c2)nc2ccccc12)C(N)=O. The Morgan fingerprint density at radius 2 is 1.54 bits per heavy atom. The lowest BCUT2D eigenvalue weighted by Crippen LogP contribution is -2.40. The zero-order valence-corrected chi connectivity index (χ0v) is 20.1. The Bertz CT molecular complexity index is 1390. The first-order valence-electron chi connectivity index (χ1n) is 10.6. The molecule has 3 rings (SSSR count). The molecular weight excluding hydrogens is 528 g/mol. The number of halogens is 6. The molecule has 3 aromatic rings. The summed E-state index contributed by atoms with van der Waals surface area (Å²) in [5, 5.41) is 3.35. The van der Waals surface area contributed by atoms with E-state index in [1.807, 2.05) is 4.72 Å². The molecule has 200 valence electrons. The number of nitrogens with zero attached hydrogens (tertiary/aromatic N) is 2. The minimum absolute atomic E-state index is 0.103. The predicted molar refractivity (Wildman–Crippen MR) is 121 cm³/mol. The molecule has 8 nitrogen and oxygen atoms in total. The van der Waals surface area contributed by atoms with E-state index < -0.39 is 56.9 Å². The van der Waals surface area contributed by atoms with Gasteiger partial charge in [0.1, 0.15) is 17.7 Å². The highest BCUT2D eigenvalue weighted by molar-refractivity contribution is 7.89. The van der Waals surface area contributed by atoms with Gasteiger partial charge in [0, 0.05) is 5.39 Å². The van der Waals surface area contributed by atoms with E-state index in [1.54, 1.807) is 38.1 Å². The molecule has 0 saturated carbocycles. The monoisotopic (exact) mass is 549 g/mol. The molecule has 1 amide bonds. The van der Waals surface area contributed by atoms with Crippen LogP contribution in [-0.4, -0.2) is 30.3 Å². The average Bonchev–Trinajstić information content (AvgIpc) is 2.79. The second-order valence-electron chi connectivity index (χ2n) is 8.34. The number of hydrogen-bond acceptors (Lipinski definition) is 6. The van der Waals surface area contributed by atoms with Crippen molar-refractivity contribution in [2.45, 2.75) is 43.7 Å². The van der Waals surface area contributed by atoms with Gasteiger partial charge in [-0.25, -0.2) is 23.1 Å². The number of carbonyl (C=O) groups excluding carboxylic acids is 1. The number of carbonyl (C=O) groups is 1. The second kappa shape index (κ2) is 10.1. The molecule has 0 radical (unpaired) electrons. The van der Waals surface area contributed by atoms with E-state index in [2.05, 4.69) is 15.3 Å². The fourth-order valence-electron chi connectivity index (χ4n) is 3.35. The highest BCUT2D eigenvalue weighted by Gasteiger charge is 2.38. The maximum Gasteiger partial charge on any atom is 0.416 e. The number of nitrogens with one attached hydrogen (secondary N) is 2. The van der Waals surface area contributed by atoms with Crippen molar-refractivity contribution in [3.05, 3.63) is 59.4 Å². The van der Waals surface area contributed by atoms with Crippen molar-refractivity contribution in [3.63, 3.8) is 0 Å². The van der Waals surface area contributed by atoms with E-state index >= 15 is 0 Å². The normalized spacial score (nSPS) is 13.6. The number of primary amides is 1. The van der Waals surface area contributed by atoms with E-state index in [1.165, 1.54) is 0 Å². The standard InChI is InChI=1S/C22H21F6N5O3S/c1-11(2)18(19(29)34)33-20-15-5-3-4-6-16(15)31-17(32-20)10-30-37(35,36)14-8-12(21(23,24)25)7-13(9-14)22(26,27)28/h3-9,11,18,30H,10H2,1-2H3,(H2,29,34)(H,31,32,33)/t18-/m0/s1. The van der Waals surface area contributed by atoms with Gasteiger partial charge in [-0.2, -0.15) is 26.3 Å². The quantitative estimate of drug-likeness (QED) is 0.364. The zero-order chi connectivity index (χ0) is 27.8. The van der Waals surface area contributed by atoms with Crippen molar-refractivity contribution in [2.24, 2.45) is 11.7 Å². The molecule has 0 aliphatic rings. The minimum Gasteiger partial charge on any atom is -0.368 e. The van der Waals surface area contributed by atoms with E-state index in [-0.39, 0.29) is 35.8 Å². The molecule has 37 heavy (non-hydrogen) atoms. The second-order valence-corrected chi connectivity index (χ2v) is 10.1. The van der Waals surface area contributed by atoms with Crippen LogP contribution in [0.5, 0.6) is 0 Å². The summed E-state index contributed by atoms with van der Waals surface area (Å²) in [6.45, 7) is 2.78. The fourth-order valence-corrected chi connectivity index (χ4v) is 4.40. The molecule has 0 fully saturated rings. The lowest BCUT2D eigenvalue weighted by atomic mass is 10.0. The van der Waals surface area contributed by atoms with Crippen LogP contribution in [0.3, 0.4) is 0 Å². The summed E-state index contributed by atoms with van der Waals surface area (Å²) in [5.74, 6) is -0.961. The molecule has 1 aromatic heterocycles. The van der Waals surface area contributed by atoms with Crippen LogP contribution in [0.2, 0.25) is 0 Å². The highest BCUT2D eigenvalue weighted by atomic mass is 32.2. The number of rotatable bonds is 8. The summed E-state index contributed by atoms with van der Waals surface area (Å²) < 4.78 is 106. The van der Waals surface area contributed by atoms with Crippen LogP contribution in [0.1, 0.15) is 30.8 Å². The number of para-hydroxylation sites is 1. The maximum absolute atomic E-state index is 13.1. The number of aromatic nitrogens is 2. The Kier molecular flexibility index (Phi) is 7.69. The number of sulfonamides is 1. The van der Waals surface area contributed by atoms with Gasteiger partial charge in [-0.3, -0.25) is 4.79 Å². The van der Waals surface area contributed by atoms with Crippen LogP contribution in [0.4, 0.5) is 32.2 Å². The van der Waals surface area contributed by atoms with E-state index in [0.29, 0.717) is 10.9 Å². The third-order valence-electron chi connectivity index (χ3n) is 5.21. The lowest BCUT2D eigenvalue weighted by Gasteiger charge is -2.21. The van der Waals surface area contributed by atoms with Crippen LogP contribution >= 0.6 is 0 Å². The Balaban J connectivity index is 1.99. The summed E-state index contributed by atoms with van der Waals surface area (Å²) >= 11 is 0. The van der Waals surface area contributed by atoms with Crippen molar-refractivity contribution in [1.82, 2.24) is 14.7 Å². The van der Waals surface area contributed by atoms with Crippen molar-refractivity contribution in [3.8, 4) is 0 Å². The van der Waals surface area contributed by atoms with E-state index in [9.17, 15) is 39.6 Å². The van der Waals surface area contributed by atoms with Gasteiger partial charge in [0.25, 0.3) is 0 Å². The van der Waals surface area contributed by atoms with Crippen LogP contribution in [0.25, 0.3) is 10.9 Å². The fraction of sp³-hybridized carbons (Fsp3) is 0.318. The molecule has 1 heterocycles. The van der Waals surface area contributed by atoms with Gasteiger partial charge in [-0.1, -0.05) is 26.0 Å². The van der Waals surface area contributed by atoms with Crippen LogP contribution in [0, 0.1) is 5.92 Å². The molecular formula is C22H21F6N5O3S. The smallest absolute Gasteiger partial charge is 0.368 e. The number of fused-ring (bicyclic) bond motifs is 1. The topological polar surface area (TPSA) is 127 Å². The van der Waals surface area contributed by atoms with E-state index in [4.69, 9.17) is 5.73 Å². The van der Waals surface area contributed by atoms with Crippen LogP contribution < -0.4 is 15.8 Å². The summed E-state index contributed by atoms with van der Waals surface area (Å²) in [5.41, 5.74) is 2.22. The van der Waals surface area contributed by atoms with Gasteiger partial charge in [0.2, 0.25) is 15.9 Å². The Morgan fingerprint density at radius 3 is 2.05 bits per heavy atom. The molecule has 0 spiro atoms. The molecule has 0 saturated heterocycles. The summed E-state index contributed by atoms with van der Waals surface area (Å²) in [6.07, 6.45) is -10.4.